The van der Waals surface area contributed by atoms with Gasteiger partial charge in [0.1, 0.15) is 17.5 Å². The number of ether oxygens (including phenoxy) is 1. The van der Waals surface area contributed by atoms with E-state index in [0.29, 0.717) is 22.6 Å². The molecule has 0 spiro atoms. The number of sulfonamides is 1. The second-order valence-corrected chi connectivity index (χ2v) is 12.2. The van der Waals surface area contributed by atoms with E-state index < -0.39 is 45.4 Å². The number of carbonyl (C=O) groups excluding carboxylic acids is 2. The number of nitrogens with one attached hydrogen (secondary N) is 2. The lowest BCUT2D eigenvalue weighted by Crippen LogP contribution is -2.57. The van der Waals surface area contributed by atoms with Crippen LogP contribution in [0.15, 0.2) is 35.2 Å². The van der Waals surface area contributed by atoms with Crippen LogP contribution >= 0.6 is 11.6 Å². The van der Waals surface area contributed by atoms with Crippen LogP contribution in [0.25, 0.3) is 0 Å². The van der Waals surface area contributed by atoms with Crippen LogP contribution in [0.2, 0.25) is 5.02 Å². The fourth-order valence-corrected chi connectivity index (χ4v) is 6.47. The minimum Gasteiger partial charge on any atom is -0.443 e. The molecule has 8 nitrogen and oxygen atoms in total. The standard InChI is InChI=1S/C25H31ClFN3O5S/c1-14-7-9-19(27)21(15(14)2)16(3)22(23(31)28-29-24(32)35-25(4,5)6)30-12-11-17-13-18(26)8-10-20(17)36(30,33)34/h7-10,13,16,22H,11-12H2,1-6H3,(H,28,31)(H,29,32). The molecule has 0 aliphatic carbocycles. The molecule has 2 aromatic carbocycles. The number of carbonyl (C=O) groups is 2. The molecular weight excluding hydrogens is 509 g/mol. The number of fused-ring (bicyclic) bond motifs is 1. The van der Waals surface area contributed by atoms with Gasteiger partial charge in [-0.1, -0.05) is 24.6 Å². The van der Waals surface area contributed by atoms with Crippen LogP contribution < -0.4 is 10.9 Å². The number of hydrogen-bond donors (Lipinski definition) is 2. The van der Waals surface area contributed by atoms with Crippen molar-refractivity contribution >= 4 is 33.6 Å². The normalized spacial score (nSPS) is 17.0. The summed E-state index contributed by atoms with van der Waals surface area (Å²) in [7, 11) is -4.15. The molecule has 0 saturated heterocycles. The monoisotopic (exact) mass is 539 g/mol. The first-order valence-corrected chi connectivity index (χ1v) is 13.3. The summed E-state index contributed by atoms with van der Waals surface area (Å²) >= 11 is 6.05. The Hall–Kier alpha value is -2.69. The highest BCUT2D eigenvalue weighted by atomic mass is 35.5. The molecular formula is C25H31ClFN3O5S. The Kier molecular flexibility index (Phi) is 8.02. The number of aryl methyl sites for hydroxylation is 1. The Morgan fingerprint density at radius 3 is 2.44 bits per heavy atom. The summed E-state index contributed by atoms with van der Waals surface area (Å²) in [6, 6.07) is 5.99. The Morgan fingerprint density at radius 2 is 1.81 bits per heavy atom. The molecule has 3 rings (SSSR count). The minimum atomic E-state index is -4.15. The highest BCUT2D eigenvalue weighted by Crippen LogP contribution is 2.36. The number of amides is 2. The van der Waals surface area contributed by atoms with Crippen LogP contribution in [0, 0.1) is 19.7 Å². The molecule has 2 N–H and O–H groups in total. The molecule has 0 bridgehead atoms. The van der Waals surface area contributed by atoms with Crippen molar-refractivity contribution in [1.29, 1.82) is 0 Å². The highest BCUT2D eigenvalue weighted by Gasteiger charge is 2.43. The van der Waals surface area contributed by atoms with Crippen LogP contribution in [0.4, 0.5) is 9.18 Å². The molecule has 36 heavy (non-hydrogen) atoms. The van der Waals surface area contributed by atoms with Gasteiger partial charge in [-0.15, -0.1) is 0 Å². The minimum absolute atomic E-state index is 0.0307. The summed E-state index contributed by atoms with van der Waals surface area (Å²) in [5.41, 5.74) is 5.79. The van der Waals surface area contributed by atoms with E-state index in [9.17, 15) is 18.0 Å². The van der Waals surface area contributed by atoms with Gasteiger partial charge in [0.15, 0.2) is 0 Å². The lowest BCUT2D eigenvalue weighted by molar-refractivity contribution is -0.126. The van der Waals surface area contributed by atoms with Crippen LogP contribution in [-0.4, -0.2) is 42.9 Å². The van der Waals surface area contributed by atoms with Crippen LogP contribution in [-0.2, 0) is 26.0 Å². The van der Waals surface area contributed by atoms with E-state index in [2.05, 4.69) is 10.9 Å². The Morgan fingerprint density at radius 1 is 1.14 bits per heavy atom. The molecule has 1 aliphatic rings. The van der Waals surface area contributed by atoms with Gasteiger partial charge in [-0.2, -0.15) is 4.31 Å². The summed E-state index contributed by atoms with van der Waals surface area (Å²) in [5, 5.41) is 0.402. The summed E-state index contributed by atoms with van der Waals surface area (Å²) in [6.07, 6.45) is -0.609. The zero-order valence-electron chi connectivity index (χ0n) is 21.1. The van der Waals surface area contributed by atoms with Crippen molar-refractivity contribution < 1.29 is 27.1 Å². The largest absolute Gasteiger partial charge is 0.443 e. The molecule has 1 heterocycles. The van der Waals surface area contributed by atoms with Gasteiger partial charge in [0.2, 0.25) is 10.0 Å². The third kappa shape index (κ3) is 5.82. The van der Waals surface area contributed by atoms with Gasteiger partial charge in [-0.3, -0.25) is 10.2 Å². The maximum absolute atomic E-state index is 15.0. The zero-order valence-corrected chi connectivity index (χ0v) is 22.7. The molecule has 2 unspecified atom stereocenters. The third-order valence-electron chi connectivity index (χ3n) is 6.14. The third-order valence-corrected chi connectivity index (χ3v) is 8.35. The van der Waals surface area contributed by atoms with Gasteiger partial charge >= 0.3 is 6.09 Å². The quantitative estimate of drug-likeness (QED) is 0.561. The van der Waals surface area contributed by atoms with E-state index >= 15 is 4.39 Å². The van der Waals surface area contributed by atoms with Crippen molar-refractivity contribution in [3.8, 4) is 0 Å². The fraction of sp³-hybridized carbons (Fsp3) is 0.440. The van der Waals surface area contributed by atoms with E-state index in [1.807, 2.05) is 6.92 Å². The van der Waals surface area contributed by atoms with Gasteiger partial charge in [0.05, 0.1) is 4.90 Å². The summed E-state index contributed by atoms with van der Waals surface area (Å²) in [4.78, 5) is 25.6. The van der Waals surface area contributed by atoms with Gasteiger partial charge in [0, 0.05) is 17.5 Å². The molecule has 2 aromatic rings. The van der Waals surface area contributed by atoms with Gasteiger partial charge < -0.3 is 4.74 Å². The summed E-state index contributed by atoms with van der Waals surface area (Å²) < 4.78 is 48.6. The summed E-state index contributed by atoms with van der Waals surface area (Å²) in [6.45, 7) is 10.1. The number of nitrogens with zero attached hydrogens (tertiary/aromatic N) is 1. The Balaban J connectivity index is 2.04. The highest BCUT2D eigenvalue weighted by molar-refractivity contribution is 7.89. The van der Waals surface area contributed by atoms with Crippen molar-refractivity contribution in [2.75, 3.05) is 6.54 Å². The number of hydrogen-bond acceptors (Lipinski definition) is 5. The van der Waals surface area contributed by atoms with Crippen molar-refractivity contribution in [2.45, 2.75) is 70.4 Å². The molecule has 0 fully saturated rings. The second-order valence-electron chi connectivity index (χ2n) is 9.87. The average Bonchev–Trinajstić information content (AvgIpc) is 2.75. The topological polar surface area (TPSA) is 105 Å². The lowest BCUT2D eigenvalue weighted by Gasteiger charge is -2.37. The predicted octanol–water partition coefficient (Wildman–Crippen LogP) is 4.37. The van der Waals surface area contributed by atoms with E-state index in [1.165, 1.54) is 18.2 Å². The summed E-state index contributed by atoms with van der Waals surface area (Å²) in [5.74, 6) is -2.27. The number of rotatable bonds is 4. The predicted molar refractivity (Wildman–Crippen MR) is 135 cm³/mol. The number of benzene rings is 2. The van der Waals surface area contributed by atoms with Gasteiger partial charge in [-0.05, 0) is 87.6 Å². The first-order valence-electron chi connectivity index (χ1n) is 11.5. The van der Waals surface area contributed by atoms with E-state index in [0.717, 1.165) is 9.87 Å². The maximum atomic E-state index is 15.0. The first kappa shape index (κ1) is 27.9. The molecule has 0 saturated carbocycles. The molecule has 2 atom stereocenters. The van der Waals surface area contributed by atoms with Crippen molar-refractivity contribution in [1.82, 2.24) is 15.2 Å². The fourth-order valence-electron chi connectivity index (χ4n) is 4.38. The first-order chi connectivity index (χ1) is 16.6. The van der Waals surface area contributed by atoms with Crippen molar-refractivity contribution in [3.05, 3.63) is 63.4 Å². The van der Waals surface area contributed by atoms with Crippen molar-refractivity contribution in [3.63, 3.8) is 0 Å². The average molecular weight is 540 g/mol. The van der Waals surface area contributed by atoms with Crippen LogP contribution in [0.5, 0.6) is 0 Å². The molecule has 0 aromatic heterocycles. The molecule has 1 aliphatic heterocycles. The SMILES string of the molecule is Cc1ccc(F)c(C(C)C(C(=O)NNC(=O)OC(C)(C)C)N2CCc3cc(Cl)ccc3S2(=O)=O)c1C. The maximum Gasteiger partial charge on any atom is 0.426 e. The lowest BCUT2D eigenvalue weighted by atomic mass is 9.87. The van der Waals surface area contributed by atoms with Crippen LogP contribution in [0.1, 0.15) is 55.9 Å². The molecule has 11 heteroatoms. The van der Waals surface area contributed by atoms with Gasteiger partial charge in [0.25, 0.3) is 5.91 Å². The number of hydrazine groups is 1. The molecule has 196 valence electrons. The Labute approximate surface area is 216 Å². The second kappa shape index (κ2) is 10.4. The van der Waals surface area contributed by atoms with E-state index in [1.54, 1.807) is 46.8 Å². The Bertz CT molecular complexity index is 1290. The van der Waals surface area contributed by atoms with E-state index in [-0.39, 0.29) is 17.0 Å². The molecule has 2 amide bonds. The van der Waals surface area contributed by atoms with Crippen molar-refractivity contribution in [2.24, 2.45) is 0 Å². The smallest absolute Gasteiger partial charge is 0.426 e. The van der Waals surface area contributed by atoms with E-state index in [4.69, 9.17) is 16.3 Å². The van der Waals surface area contributed by atoms with Gasteiger partial charge in [-0.25, -0.2) is 23.0 Å². The molecule has 0 radical (unpaired) electrons. The number of halogens is 2. The van der Waals surface area contributed by atoms with Crippen LogP contribution in [0.3, 0.4) is 0 Å². The zero-order chi connectivity index (χ0) is 27.0.